The highest BCUT2D eigenvalue weighted by Gasteiger charge is 2.62. The lowest BCUT2D eigenvalue weighted by Crippen LogP contribution is -2.62. The summed E-state index contributed by atoms with van der Waals surface area (Å²) in [6.45, 7) is 21.7. The quantitative estimate of drug-likeness (QED) is 0.147. The van der Waals surface area contributed by atoms with Gasteiger partial charge in [0.2, 0.25) is 0 Å². The van der Waals surface area contributed by atoms with Crippen LogP contribution in [-0.4, -0.2) is 12.3 Å². The van der Waals surface area contributed by atoms with Crippen LogP contribution in [0.25, 0.3) is 33.4 Å². The smallest absolute Gasteiger partial charge is 0.252 e. The molecule has 2 unspecified atom stereocenters. The predicted molar refractivity (Wildman–Crippen MR) is 358 cm³/mol. The van der Waals surface area contributed by atoms with Crippen molar-refractivity contribution in [2.45, 2.75) is 123 Å². The van der Waals surface area contributed by atoms with Crippen LogP contribution in [0.2, 0.25) is 0 Å². The van der Waals surface area contributed by atoms with E-state index in [-0.39, 0.29) is 33.9 Å². The van der Waals surface area contributed by atoms with Gasteiger partial charge in [-0.1, -0.05) is 238 Å². The molecule has 3 aliphatic heterocycles. The van der Waals surface area contributed by atoms with Crippen LogP contribution in [0.1, 0.15) is 121 Å². The summed E-state index contributed by atoms with van der Waals surface area (Å²) in [4.78, 5) is 8.24. The Balaban J connectivity index is 1.08. The Hall–Kier alpha value is -8.34. The molecule has 3 nitrogen and oxygen atoms in total. The number of anilines is 8. The summed E-state index contributed by atoms with van der Waals surface area (Å²) in [5.41, 5.74) is 29.3. The minimum atomic E-state index is -0.307. The standard InChI is InChI=1S/C80H76BN3/c1-76(2,3)61-35-40-69(65(47-61)56-28-18-12-19-29-56)83-72-46-59-52-78(7,8)51-58(59)45-68(72)81-67-44-57(54-26-16-11-17-27-54)34-39-71(67)82(63-37-32-55(33-38-63)53-24-14-10-15-25-53)73-49-64(50-74(83)75(73)81)84-70-41-36-62(77(4,5)6)48-66(70)80(60-30-20-13-21-31-60)43-23-22-42-79(80,84)9/h10-21,24-41,44-50H,22-23,42-43,51-52H2,1-9H3. The molecule has 1 fully saturated rings. The number of fused-ring (bicyclic) bond motifs is 8. The Kier molecular flexibility index (Phi) is 11.9. The van der Waals surface area contributed by atoms with Gasteiger partial charge in [0.1, 0.15) is 0 Å². The van der Waals surface area contributed by atoms with Gasteiger partial charge >= 0.3 is 0 Å². The zero-order valence-electron chi connectivity index (χ0n) is 50.5. The summed E-state index contributed by atoms with van der Waals surface area (Å²) < 4.78 is 0. The Morgan fingerprint density at radius 1 is 0.393 bits per heavy atom. The second kappa shape index (κ2) is 19.1. The molecular formula is C80H76BN3. The monoisotopic (exact) mass is 1090 g/mol. The molecule has 10 aromatic carbocycles. The van der Waals surface area contributed by atoms with E-state index in [2.05, 4.69) is 301 Å². The summed E-state index contributed by atoms with van der Waals surface area (Å²) in [5.74, 6) is 0. The van der Waals surface area contributed by atoms with Crippen LogP contribution in [0.15, 0.2) is 224 Å². The molecule has 0 saturated heterocycles. The Labute approximate surface area is 499 Å². The van der Waals surface area contributed by atoms with E-state index in [1.807, 2.05) is 0 Å². The van der Waals surface area contributed by atoms with E-state index >= 15 is 0 Å². The van der Waals surface area contributed by atoms with E-state index in [4.69, 9.17) is 0 Å². The summed E-state index contributed by atoms with van der Waals surface area (Å²) in [6.07, 6.45) is 6.60. The average Bonchev–Trinajstić information content (AvgIpc) is 1.36. The number of benzene rings is 10. The van der Waals surface area contributed by atoms with Crippen molar-refractivity contribution in [2.75, 3.05) is 14.7 Å². The van der Waals surface area contributed by atoms with Gasteiger partial charge in [0, 0.05) is 50.8 Å². The molecule has 10 aromatic rings. The van der Waals surface area contributed by atoms with Gasteiger partial charge in [-0.15, -0.1) is 0 Å². The van der Waals surface area contributed by atoms with Crippen LogP contribution in [0.4, 0.5) is 45.5 Å². The largest absolute Gasteiger partial charge is 0.334 e. The number of nitrogens with zero attached hydrogens (tertiary/aromatic N) is 3. The van der Waals surface area contributed by atoms with Crippen molar-refractivity contribution >= 4 is 68.6 Å². The van der Waals surface area contributed by atoms with Crippen molar-refractivity contribution in [3.8, 4) is 33.4 Å². The maximum atomic E-state index is 2.86. The van der Waals surface area contributed by atoms with Crippen molar-refractivity contribution < 1.29 is 0 Å². The van der Waals surface area contributed by atoms with E-state index in [1.165, 1.54) is 136 Å². The van der Waals surface area contributed by atoms with Crippen LogP contribution < -0.4 is 31.1 Å². The fraction of sp³-hybridized carbons (Fsp3) is 0.250. The van der Waals surface area contributed by atoms with Gasteiger partial charge < -0.3 is 14.7 Å². The number of rotatable bonds is 7. The SMILES string of the molecule is CC1(C)Cc2cc3c(cc2C1)N(c1ccc(C(C)(C)C)cc1-c1ccccc1)c1cc(N2c4ccc(C(C)(C)C)cc4C4(c5ccccc5)CCCCC24C)cc2c1B3c1cc(-c3ccccc3)ccc1N2c1ccc(-c2ccccc2)cc1. The first-order valence-corrected chi connectivity index (χ1v) is 31.0. The van der Waals surface area contributed by atoms with E-state index in [1.54, 1.807) is 0 Å². The lowest BCUT2D eigenvalue weighted by atomic mass is 9.33. The molecule has 4 heteroatoms. The van der Waals surface area contributed by atoms with Crippen LogP contribution in [0.3, 0.4) is 0 Å². The topological polar surface area (TPSA) is 9.72 Å². The highest BCUT2D eigenvalue weighted by atomic mass is 15.3. The maximum Gasteiger partial charge on any atom is 0.252 e. The van der Waals surface area contributed by atoms with Crippen molar-refractivity contribution in [1.82, 2.24) is 0 Å². The molecule has 3 heterocycles. The Morgan fingerprint density at radius 3 is 1.55 bits per heavy atom. The molecule has 2 atom stereocenters. The third-order valence-electron chi connectivity index (χ3n) is 20.2. The van der Waals surface area contributed by atoms with Crippen molar-refractivity contribution in [1.29, 1.82) is 0 Å². The minimum Gasteiger partial charge on any atom is -0.334 e. The molecule has 2 aliphatic carbocycles. The van der Waals surface area contributed by atoms with Crippen LogP contribution in [-0.2, 0) is 29.1 Å². The van der Waals surface area contributed by atoms with E-state index in [0.29, 0.717) is 0 Å². The van der Waals surface area contributed by atoms with Crippen molar-refractivity contribution in [2.24, 2.45) is 5.41 Å². The molecule has 1 saturated carbocycles. The average molecular weight is 1090 g/mol. The van der Waals surface area contributed by atoms with Crippen LogP contribution in [0, 0.1) is 5.41 Å². The number of hydrogen-bond acceptors (Lipinski definition) is 3. The van der Waals surface area contributed by atoms with Crippen molar-refractivity contribution in [3.05, 3.63) is 258 Å². The van der Waals surface area contributed by atoms with E-state index in [0.717, 1.165) is 31.4 Å². The predicted octanol–water partition coefficient (Wildman–Crippen LogP) is 19.3. The van der Waals surface area contributed by atoms with Gasteiger partial charge in [0.15, 0.2) is 0 Å². The van der Waals surface area contributed by atoms with E-state index < -0.39 is 0 Å². The first kappa shape index (κ1) is 52.5. The molecular weight excluding hydrogens is 1010 g/mol. The summed E-state index contributed by atoms with van der Waals surface area (Å²) in [6, 6.07) is 87.1. The molecule has 414 valence electrons. The van der Waals surface area contributed by atoms with Gasteiger partial charge in [-0.25, -0.2) is 0 Å². The highest BCUT2D eigenvalue weighted by molar-refractivity contribution is 7.00. The minimum absolute atomic E-state index is 0.0248. The first-order valence-electron chi connectivity index (χ1n) is 31.0. The molecule has 0 bridgehead atoms. The molecule has 0 amide bonds. The highest BCUT2D eigenvalue weighted by Crippen LogP contribution is 2.65. The van der Waals surface area contributed by atoms with Gasteiger partial charge in [-0.2, -0.15) is 0 Å². The van der Waals surface area contributed by atoms with Crippen LogP contribution in [0.5, 0.6) is 0 Å². The molecule has 15 rings (SSSR count). The molecule has 0 aromatic heterocycles. The lowest BCUT2D eigenvalue weighted by molar-refractivity contribution is 0.215. The zero-order valence-corrected chi connectivity index (χ0v) is 50.5. The molecule has 0 N–H and O–H groups in total. The Bertz CT molecular complexity index is 4210. The second-order valence-corrected chi connectivity index (χ2v) is 28.2. The summed E-state index contributed by atoms with van der Waals surface area (Å²) in [7, 11) is 0. The van der Waals surface area contributed by atoms with Crippen LogP contribution >= 0.6 is 0 Å². The molecule has 0 radical (unpaired) electrons. The molecule has 5 aliphatic rings. The van der Waals surface area contributed by atoms with Gasteiger partial charge in [0.05, 0.1) is 11.2 Å². The maximum absolute atomic E-state index is 2.86. The normalized spacial score (nSPS) is 19.1. The molecule has 0 spiro atoms. The second-order valence-electron chi connectivity index (χ2n) is 28.2. The third kappa shape index (κ3) is 8.13. The lowest BCUT2D eigenvalue weighted by Gasteiger charge is -2.53. The summed E-state index contributed by atoms with van der Waals surface area (Å²) >= 11 is 0. The zero-order chi connectivity index (χ0) is 57.5. The summed E-state index contributed by atoms with van der Waals surface area (Å²) in [5, 5.41) is 0. The van der Waals surface area contributed by atoms with Gasteiger partial charge in [-0.05, 0) is 181 Å². The fourth-order valence-corrected chi connectivity index (χ4v) is 16.1. The Morgan fingerprint density at radius 2 is 0.905 bits per heavy atom. The van der Waals surface area contributed by atoms with Gasteiger partial charge in [-0.3, -0.25) is 0 Å². The fourth-order valence-electron chi connectivity index (χ4n) is 16.1. The van der Waals surface area contributed by atoms with Gasteiger partial charge in [0.25, 0.3) is 6.71 Å². The molecule has 84 heavy (non-hydrogen) atoms. The number of hydrogen-bond donors (Lipinski definition) is 0. The van der Waals surface area contributed by atoms with Crippen molar-refractivity contribution in [3.63, 3.8) is 0 Å². The third-order valence-corrected chi connectivity index (χ3v) is 20.2. The van der Waals surface area contributed by atoms with E-state index in [9.17, 15) is 0 Å². The first-order chi connectivity index (χ1) is 40.5.